The van der Waals surface area contributed by atoms with Crippen molar-refractivity contribution in [3.8, 4) is 0 Å². The Hall–Kier alpha value is -1.09. The van der Waals surface area contributed by atoms with E-state index < -0.39 is 0 Å². The van der Waals surface area contributed by atoms with Gasteiger partial charge in [0.05, 0.1) is 0 Å². The molecule has 3 nitrogen and oxygen atoms in total. The number of allylic oxidation sites excluding steroid dienone is 1. The average Bonchev–Trinajstić information content (AvgIpc) is 2.19. The molecule has 1 heterocycles. The highest BCUT2D eigenvalue weighted by atomic mass is 16.1. The van der Waals surface area contributed by atoms with Crippen molar-refractivity contribution in [1.29, 1.82) is 0 Å². The van der Waals surface area contributed by atoms with Gasteiger partial charge in [0.1, 0.15) is 0 Å². The number of carbonyl (C=O) groups excluding carboxylic acids is 1. The molecular formula is C10H16N2O. The predicted molar refractivity (Wildman–Crippen MR) is 53.4 cm³/mol. The lowest BCUT2D eigenvalue weighted by atomic mass is 10.1. The minimum absolute atomic E-state index is 0.0691. The molecule has 2 N–H and O–H groups in total. The summed E-state index contributed by atoms with van der Waals surface area (Å²) in [5, 5.41) is 6.00. The second kappa shape index (κ2) is 5.54. The van der Waals surface area contributed by atoms with Crippen LogP contribution in [0.1, 0.15) is 13.3 Å². The largest absolute Gasteiger partial charge is 0.349 e. The Labute approximate surface area is 78.9 Å². The molecule has 1 rings (SSSR count). The highest BCUT2D eigenvalue weighted by Crippen LogP contribution is 2.03. The van der Waals surface area contributed by atoms with Crippen LogP contribution in [0.25, 0.3) is 0 Å². The maximum Gasteiger partial charge on any atom is 0.247 e. The molecule has 0 radical (unpaired) electrons. The van der Waals surface area contributed by atoms with Gasteiger partial charge in [-0.3, -0.25) is 4.79 Å². The molecule has 1 amide bonds. The van der Waals surface area contributed by atoms with Gasteiger partial charge in [-0.1, -0.05) is 18.2 Å². The van der Waals surface area contributed by atoms with Crippen LogP contribution in [0.3, 0.4) is 0 Å². The van der Waals surface area contributed by atoms with Crippen molar-refractivity contribution in [1.82, 2.24) is 10.6 Å². The minimum atomic E-state index is 0.0691. The van der Waals surface area contributed by atoms with E-state index in [4.69, 9.17) is 0 Å². The molecule has 0 aromatic rings. The molecule has 1 aliphatic rings. The summed E-state index contributed by atoms with van der Waals surface area (Å²) in [7, 11) is 0. The lowest BCUT2D eigenvalue weighted by molar-refractivity contribution is -0.117. The third kappa shape index (κ3) is 3.42. The van der Waals surface area contributed by atoms with Crippen LogP contribution in [-0.4, -0.2) is 25.5 Å². The zero-order chi connectivity index (χ0) is 9.52. The van der Waals surface area contributed by atoms with Gasteiger partial charge >= 0.3 is 0 Å². The van der Waals surface area contributed by atoms with Crippen molar-refractivity contribution in [2.75, 3.05) is 19.6 Å². The van der Waals surface area contributed by atoms with Crippen LogP contribution < -0.4 is 10.6 Å². The summed E-state index contributed by atoms with van der Waals surface area (Å²) < 4.78 is 0. The van der Waals surface area contributed by atoms with Crippen LogP contribution >= 0.6 is 0 Å². The summed E-state index contributed by atoms with van der Waals surface area (Å²) in [4.78, 5) is 11.4. The van der Waals surface area contributed by atoms with E-state index in [-0.39, 0.29) is 5.91 Å². The zero-order valence-corrected chi connectivity index (χ0v) is 7.97. The zero-order valence-electron chi connectivity index (χ0n) is 7.97. The second-order valence-corrected chi connectivity index (χ2v) is 2.96. The molecule has 0 saturated heterocycles. The van der Waals surface area contributed by atoms with Gasteiger partial charge in [0.25, 0.3) is 0 Å². The first-order valence-electron chi connectivity index (χ1n) is 4.63. The molecule has 1 aliphatic heterocycles. The third-order valence-corrected chi connectivity index (χ3v) is 1.97. The number of carbonyl (C=O) groups is 1. The number of nitrogens with one attached hydrogen (secondary N) is 2. The van der Waals surface area contributed by atoms with E-state index in [0.717, 1.165) is 25.1 Å². The Balaban J connectivity index is 2.33. The van der Waals surface area contributed by atoms with Crippen LogP contribution in [0, 0.1) is 0 Å². The van der Waals surface area contributed by atoms with Crippen LogP contribution in [0.2, 0.25) is 0 Å². The van der Waals surface area contributed by atoms with Crippen molar-refractivity contribution in [3.05, 3.63) is 23.8 Å². The molecule has 72 valence electrons. The Morgan fingerprint density at radius 2 is 2.62 bits per heavy atom. The van der Waals surface area contributed by atoms with Gasteiger partial charge in [-0.2, -0.15) is 0 Å². The third-order valence-electron chi connectivity index (χ3n) is 1.97. The quantitative estimate of drug-likeness (QED) is 0.624. The summed E-state index contributed by atoms with van der Waals surface area (Å²) in [6, 6.07) is 0. The molecule has 0 unspecified atom stereocenters. The molecule has 0 fully saturated rings. The fourth-order valence-electron chi connectivity index (χ4n) is 1.21. The van der Waals surface area contributed by atoms with Gasteiger partial charge in [0.2, 0.25) is 5.91 Å². The van der Waals surface area contributed by atoms with Gasteiger partial charge in [-0.15, -0.1) is 0 Å². The van der Waals surface area contributed by atoms with Gasteiger partial charge in [-0.05, 0) is 19.9 Å². The summed E-state index contributed by atoms with van der Waals surface area (Å²) in [6.07, 6.45) is 6.65. The summed E-state index contributed by atoms with van der Waals surface area (Å²) in [5.74, 6) is 0.0691. The van der Waals surface area contributed by atoms with Gasteiger partial charge < -0.3 is 10.6 Å². The van der Waals surface area contributed by atoms with Crippen molar-refractivity contribution in [3.63, 3.8) is 0 Å². The number of hydrogen-bond acceptors (Lipinski definition) is 2. The van der Waals surface area contributed by atoms with E-state index in [1.807, 2.05) is 25.2 Å². The Bertz CT molecular complexity index is 231. The predicted octanol–water partition coefficient (Wildman–Crippen LogP) is 0.598. The smallest absolute Gasteiger partial charge is 0.247 e. The fraction of sp³-hybridized carbons (Fsp3) is 0.500. The molecule has 0 aromatic carbocycles. The first-order chi connectivity index (χ1) is 6.34. The Morgan fingerprint density at radius 3 is 3.23 bits per heavy atom. The maximum atomic E-state index is 11.4. The maximum absolute atomic E-state index is 11.4. The molecule has 3 heteroatoms. The number of rotatable bonds is 3. The molecular weight excluding hydrogens is 164 g/mol. The van der Waals surface area contributed by atoms with Crippen molar-refractivity contribution in [2.24, 2.45) is 0 Å². The first-order valence-corrected chi connectivity index (χ1v) is 4.63. The fourth-order valence-corrected chi connectivity index (χ4v) is 1.21. The van der Waals surface area contributed by atoms with Gasteiger partial charge in [-0.25, -0.2) is 0 Å². The second-order valence-electron chi connectivity index (χ2n) is 2.96. The monoisotopic (exact) mass is 180 g/mol. The molecule has 0 saturated carbocycles. The van der Waals surface area contributed by atoms with Gasteiger partial charge in [0.15, 0.2) is 0 Å². The summed E-state index contributed by atoms with van der Waals surface area (Å²) in [6.45, 7) is 4.28. The average molecular weight is 180 g/mol. The summed E-state index contributed by atoms with van der Waals surface area (Å²) >= 11 is 0. The van der Waals surface area contributed by atoms with Crippen LogP contribution in [0.4, 0.5) is 0 Å². The molecule has 0 atom stereocenters. The topological polar surface area (TPSA) is 41.1 Å². The summed E-state index contributed by atoms with van der Waals surface area (Å²) in [5.41, 5.74) is 0.906. The van der Waals surface area contributed by atoms with E-state index in [0.29, 0.717) is 6.54 Å². The molecule has 0 aliphatic carbocycles. The van der Waals surface area contributed by atoms with E-state index in [1.54, 1.807) is 0 Å². The van der Waals surface area contributed by atoms with Crippen LogP contribution in [-0.2, 0) is 4.79 Å². The van der Waals surface area contributed by atoms with E-state index in [2.05, 4.69) is 10.6 Å². The Morgan fingerprint density at radius 1 is 1.77 bits per heavy atom. The highest BCUT2D eigenvalue weighted by molar-refractivity contribution is 5.93. The normalized spacial score (nSPS) is 17.2. The molecule has 0 aromatic heterocycles. The SMILES string of the molecule is C/C=C/CNC(=O)C1=CCNCC1. The van der Waals surface area contributed by atoms with Crippen LogP contribution in [0.15, 0.2) is 23.8 Å². The lowest BCUT2D eigenvalue weighted by Crippen LogP contribution is -2.30. The molecule has 13 heavy (non-hydrogen) atoms. The Kier molecular flexibility index (Phi) is 4.26. The van der Waals surface area contributed by atoms with E-state index in [9.17, 15) is 4.79 Å². The van der Waals surface area contributed by atoms with Crippen LogP contribution in [0.5, 0.6) is 0 Å². The van der Waals surface area contributed by atoms with E-state index >= 15 is 0 Å². The minimum Gasteiger partial charge on any atom is -0.349 e. The van der Waals surface area contributed by atoms with Crippen molar-refractivity contribution < 1.29 is 4.79 Å². The lowest BCUT2D eigenvalue weighted by Gasteiger charge is -2.12. The van der Waals surface area contributed by atoms with Gasteiger partial charge in [0, 0.05) is 18.7 Å². The van der Waals surface area contributed by atoms with Crippen molar-refractivity contribution >= 4 is 5.91 Å². The van der Waals surface area contributed by atoms with E-state index in [1.165, 1.54) is 0 Å². The standard InChI is InChI=1S/C10H16N2O/c1-2-3-6-12-10(13)9-4-7-11-8-5-9/h2-4,11H,5-8H2,1H3,(H,12,13)/b3-2+. The molecule has 0 bridgehead atoms. The highest BCUT2D eigenvalue weighted by Gasteiger charge is 2.09. The number of amides is 1. The first kappa shape index (κ1) is 9.99. The van der Waals surface area contributed by atoms with Crippen molar-refractivity contribution in [2.45, 2.75) is 13.3 Å². The molecule has 0 spiro atoms. The number of hydrogen-bond donors (Lipinski definition) is 2.